The van der Waals surface area contributed by atoms with Gasteiger partial charge < -0.3 is 9.47 Å². The number of carbonyl (C=O) groups is 3. The van der Waals surface area contributed by atoms with Gasteiger partial charge in [-0.15, -0.1) is 0 Å². The van der Waals surface area contributed by atoms with E-state index in [2.05, 4.69) is 9.72 Å². The van der Waals surface area contributed by atoms with Gasteiger partial charge in [0.2, 0.25) is 5.78 Å². The molecule has 0 aliphatic heterocycles. The standard InChI is InChI=1S/C16H13Cl2NO5/c1-3-24-16(22)13(20)7-9-6-11(15(21)23-2)10-4-8(17)5-12(18)14(10)19-9/h4-6H,3,7H2,1-2H3. The van der Waals surface area contributed by atoms with Gasteiger partial charge in [-0.3, -0.25) is 9.78 Å². The second-order valence-electron chi connectivity index (χ2n) is 4.76. The van der Waals surface area contributed by atoms with Crippen molar-refractivity contribution in [2.75, 3.05) is 13.7 Å². The van der Waals surface area contributed by atoms with E-state index in [1.807, 2.05) is 0 Å². The third-order valence-corrected chi connectivity index (χ3v) is 3.64. The van der Waals surface area contributed by atoms with Gasteiger partial charge in [0.05, 0.1) is 41.9 Å². The van der Waals surface area contributed by atoms with E-state index < -0.39 is 17.7 Å². The Bertz CT molecular complexity index is 835. The molecular formula is C16H13Cl2NO5. The molecule has 0 spiro atoms. The number of aromatic nitrogens is 1. The highest BCUT2D eigenvalue weighted by atomic mass is 35.5. The first kappa shape index (κ1) is 18.2. The number of methoxy groups -OCH3 is 1. The fraction of sp³-hybridized carbons (Fsp3) is 0.250. The molecule has 0 aliphatic carbocycles. The topological polar surface area (TPSA) is 82.6 Å². The molecule has 0 saturated heterocycles. The number of ketones is 1. The maximum atomic E-state index is 12.0. The van der Waals surface area contributed by atoms with Gasteiger partial charge in [-0.2, -0.15) is 0 Å². The number of carbonyl (C=O) groups excluding carboxylic acids is 3. The summed E-state index contributed by atoms with van der Waals surface area (Å²) in [7, 11) is 1.23. The Morgan fingerprint density at radius 1 is 1.17 bits per heavy atom. The number of halogens is 2. The SMILES string of the molecule is CCOC(=O)C(=O)Cc1cc(C(=O)OC)c2cc(Cl)cc(Cl)c2n1. The van der Waals surface area contributed by atoms with Crippen molar-refractivity contribution in [3.8, 4) is 0 Å². The number of nitrogens with zero attached hydrogens (tertiary/aromatic N) is 1. The predicted octanol–water partition coefficient (Wildman–Crippen LogP) is 3.00. The van der Waals surface area contributed by atoms with E-state index in [9.17, 15) is 14.4 Å². The molecule has 1 aromatic heterocycles. The van der Waals surface area contributed by atoms with Gasteiger partial charge >= 0.3 is 11.9 Å². The largest absolute Gasteiger partial charge is 0.465 e. The van der Waals surface area contributed by atoms with Crippen LogP contribution < -0.4 is 0 Å². The predicted molar refractivity (Wildman–Crippen MR) is 88.4 cm³/mol. The Labute approximate surface area is 147 Å². The summed E-state index contributed by atoms with van der Waals surface area (Å²) in [6.07, 6.45) is -0.322. The number of pyridine rings is 1. The van der Waals surface area contributed by atoms with Crippen LogP contribution in [0.3, 0.4) is 0 Å². The number of rotatable bonds is 5. The molecule has 0 unspecified atom stereocenters. The summed E-state index contributed by atoms with van der Waals surface area (Å²) in [4.78, 5) is 39.6. The first-order valence-corrected chi connectivity index (χ1v) is 7.69. The van der Waals surface area contributed by atoms with Crippen molar-refractivity contribution in [3.63, 3.8) is 0 Å². The molecular weight excluding hydrogens is 357 g/mol. The normalized spacial score (nSPS) is 10.5. The molecule has 0 atom stereocenters. The summed E-state index contributed by atoms with van der Waals surface area (Å²) in [6.45, 7) is 1.69. The first-order chi connectivity index (χ1) is 11.4. The van der Waals surface area contributed by atoms with Crippen LogP contribution in [-0.4, -0.2) is 36.4 Å². The minimum absolute atomic E-state index is 0.0907. The number of hydrogen-bond donors (Lipinski definition) is 0. The zero-order valence-corrected chi connectivity index (χ0v) is 14.4. The van der Waals surface area contributed by atoms with E-state index in [0.29, 0.717) is 10.4 Å². The molecule has 0 saturated carbocycles. The molecule has 1 heterocycles. The molecule has 0 aliphatic rings. The summed E-state index contributed by atoms with van der Waals surface area (Å²) in [5.74, 6) is -2.36. The van der Waals surface area contributed by atoms with Crippen LogP contribution >= 0.6 is 23.2 Å². The summed E-state index contributed by atoms with van der Waals surface area (Å²) < 4.78 is 9.39. The zero-order valence-electron chi connectivity index (χ0n) is 12.9. The number of Topliss-reactive ketones (excluding diaryl/α,β-unsaturated/α-hetero) is 1. The fourth-order valence-corrected chi connectivity index (χ4v) is 2.66. The lowest BCUT2D eigenvalue weighted by Gasteiger charge is -2.09. The third-order valence-electron chi connectivity index (χ3n) is 3.13. The van der Waals surface area contributed by atoms with Crippen molar-refractivity contribution in [2.45, 2.75) is 13.3 Å². The average Bonchev–Trinajstić information content (AvgIpc) is 2.54. The van der Waals surface area contributed by atoms with Crippen molar-refractivity contribution in [1.82, 2.24) is 4.98 Å². The van der Waals surface area contributed by atoms with Gasteiger partial charge in [-0.05, 0) is 25.1 Å². The molecule has 0 radical (unpaired) electrons. The monoisotopic (exact) mass is 369 g/mol. The van der Waals surface area contributed by atoms with Gasteiger partial charge in [0.15, 0.2) is 0 Å². The second-order valence-corrected chi connectivity index (χ2v) is 5.60. The molecule has 0 amide bonds. The first-order valence-electron chi connectivity index (χ1n) is 6.94. The molecule has 126 valence electrons. The van der Waals surface area contributed by atoms with Gasteiger partial charge in [0, 0.05) is 10.4 Å². The number of hydrogen-bond acceptors (Lipinski definition) is 6. The van der Waals surface area contributed by atoms with Gasteiger partial charge in [0.1, 0.15) is 0 Å². The molecule has 6 nitrogen and oxygen atoms in total. The number of ether oxygens (including phenoxy) is 2. The van der Waals surface area contributed by atoms with E-state index >= 15 is 0 Å². The van der Waals surface area contributed by atoms with Crippen molar-refractivity contribution >= 4 is 51.8 Å². The summed E-state index contributed by atoms with van der Waals surface area (Å²) in [5, 5.41) is 0.939. The van der Waals surface area contributed by atoms with E-state index in [1.165, 1.54) is 25.3 Å². The van der Waals surface area contributed by atoms with E-state index in [1.54, 1.807) is 6.92 Å². The van der Waals surface area contributed by atoms with Crippen LogP contribution in [0.5, 0.6) is 0 Å². The minimum Gasteiger partial charge on any atom is -0.465 e. The minimum atomic E-state index is -0.957. The van der Waals surface area contributed by atoms with Crippen molar-refractivity contribution in [3.05, 3.63) is 39.5 Å². The number of benzene rings is 1. The Kier molecular flexibility index (Phi) is 5.75. The Morgan fingerprint density at radius 3 is 2.50 bits per heavy atom. The third kappa shape index (κ3) is 3.83. The van der Waals surface area contributed by atoms with Crippen LogP contribution in [0.4, 0.5) is 0 Å². The lowest BCUT2D eigenvalue weighted by atomic mass is 10.1. The lowest BCUT2D eigenvalue weighted by molar-refractivity contribution is -0.153. The van der Waals surface area contributed by atoms with Crippen LogP contribution in [0.1, 0.15) is 23.0 Å². The van der Waals surface area contributed by atoms with Crippen LogP contribution in [0.2, 0.25) is 10.0 Å². The summed E-state index contributed by atoms with van der Waals surface area (Å²) in [5.41, 5.74) is 0.638. The molecule has 0 bridgehead atoms. The van der Waals surface area contributed by atoms with Crippen molar-refractivity contribution in [1.29, 1.82) is 0 Å². The number of fused-ring (bicyclic) bond motifs is 1. The molecule has 0 N–H and O–H groups in total. The zero-order chi connectivity index (χ0) is 17.9. The maximum Gasteiger partial charge on any atom is 0.375 e. The van der Waals surface area contributed by atoms with Crippen LogP contribution in [-0.2, 0) is 25.5 Å². The van der Waals surface area contributed by atoms with E-state index in [4.69, 9.17) is 27.9 Å². The average molecular weight is 370 g/mol. The van der Waals surface area contributed by atoms with E-state index in [-0.39, 0.29) is 34.8 Å². The Hall–Kier alpha value is -2.18. The molecule has 2 aromatic rings. The Balaban J connectivity index is 2.55. The molecule has 24 heavy (non-hydrogen) atoms. The van der Waals surface area contributed by atoms with Crippen LogP contribution in [0, 0.1) is 0 Å². The smallest absolute Gasteiger partial charge is 0.375 e. The lowest BCUT2D eigenvalue weighted by Crippen LogP contribution is -2.20. The van der Waals surface area contributed by atoms with Crippen LogP contribution in [0.25, 0.3) is 10.9 Å². The quantitative estimate of drug-likeness (QED) is 0.595. The van der Waals surface area contributed by atoms with Crippen molar-refractivity contribution < 1.29 is 23.9 Å². The van der Waals surface area contributed by atoms with Gasteiger partial charge in [-0.1, -0.05) is 23.2 Å². The second kappa shape index (κ2) is 7.59. The summed E-state index contributed by atoms with van der Waals surface area (Å²) in [6, 6.07) is 4.37. The maximum absolute atomic E-state index is 12.0. The summed E-state index contributed by atoms with van der Waals surface area (Å²) >= 11 is 12.1. The Morgan fingerprint density at radius 2 is 1.88 bits per heavy atom. The van der Waals surface area contributed by atoms with Gasteiger partial charge in [-0.25, -0.2) is 9.59 Å². The van der Waals surface area contributed by atoms with Crippen molar-refractivity contribution in [2.24, 2.45) is 0 Å². The molecule has 2 rings (SSSR count). The highest BCUT2D eigenvalue weighted by Gasteiger charge is 2.20. The van der Waals surface area contributed by atoms with E-state index in [0.717, 1.165) is 0 Å². The van der Waals surface area contributed by atoms with Crippen LogP contribution in [0.15, 0.2) is 18.2 Å². The highest BCUT2D eigenvalue weighted by Crippen LogP contribution is 2.30. The fourth-order valence-electron chi connectivity index (χ4n) is 2.12. The number of esters is 2. The highest BCUT2D eigenvalue weighted by molar-refractivity contribution is 6.39. The molecule has 1 aromatic carbocycles. The molecule has 0 fully saturated rings. The molecule has 8 heteroatoms. The van der Waals surface area contributed by atoms with Gasteiger partial charge in [0.25, 0.3) is 0 Å².